The molecule has 0 unspecified atom stereocenters. The number of hydrogen-bond acceptors (Lipinski definition) is 4. The fourth-order valence-corrected chi connectivity index (χ4v) is 4.13. The lowest BCUT2D eigenvalue weighted by Crippen LogP contribution is -2.63. The molecule has 0 heterocycles. The highest BCUT2D eigenvalue weighted by Gasteiger charge is 2.72. The molecule has 4 atom stereocenters. The van der Waals surface area contributed by atoms with Gasteiger partial charge in [0.25, 0.3) is 0 Å². The minimum Gasteiger partial charge on any atom is -0.196 e. The topological polar surface area (TPSA) is 95.2 Å². The summed E-state index contributed by atoms with van der Waals surface area (Å²) in [4.78, 5) is 0. The Kier molecular flexibility index (Phi) is 1.88. The zero-order valence-electron chi connectivity index (χ0n) is 9.67. The van der Waals surface area contributed by atoms with Gasteiger partial charge in [-0.15, -0.1) is 0 Å². The minimum atomic E-state index is -1.50. The van der Waals surface area contributed by atoms with E-state index in [4.69, 9.17) is 0 Å². The lowest BCUT2D eigenvalue weighted by molar-refractivity contribution is -0.0745. The molecule has 0 spiro atoms. The predicted octanol–water partition coefficient (Wildman–Crippen LogP) is 1.90. The van der Waals surface area contributed by atoms with Gasteiger partial charge in [0.2, 0.25) is 0 Å². The molecule has 2 bridgehead atoms. The van der Waals surface area contributed by atoms with Crippen molar-refractivity contribution in [2.75, 3.05) is 0 Å². The highest BCUT2D eigenvalue weighted by Crippen LogP contribution is 2.68. The van der Waals surface area contributed by atoms with Crippen molar-refractivity contribution in [3.05, 3.63) is 12.2 Å². The number of hydrogen-bond donors (Lipinski definition) is 0. The average Bonchev–Trinajstić information content (AvgIpc) is 2.37. The second-order valence-corrected chi connectivity index (χ2v) is 5.40. The maximum atomic E-state index is 9.48. The van der Waals surface area contributed by atoms with Gasteiger partial charge in [-0.1, -0.05) is 12.2 Å². The molecule has 4 nitrogen and oxygen atoms in total. The van der Waals surface area contributed by atoms with Gasteiger partial charge >= 0.3 is 0 Å². The maximum absolute atomic E-state index is 9.48. The quantitative estimate of drug-likeness (QED) is 0.598. The van der Waals surface area contributed by atoms with Crippen LogP contribution in [-0.4, -0.2) is 0 Å². The summed E-state index contributed by atoms with van der Waals surface area (Å²) in [6.07, 6.45) is 5.77. The van der Waals surface area contributed by atoms with Gasteiger partial charge in [-0.05, 0) is 24.7 Å². The third kappa shape index (κ3) is 0.796. The van der Waals surface area contributed by atoms with Crippen molar-refractivity contribution in [1.29, 1.82) is 21.0 Å². The molecule has 4 heteroatoms. The summed E-state index contributed by atoms with van der Waals surface area (Å²) in [5.74, 6) is 0.0642. The summed E-state index contributed by atoms with van der Waals surface area (Å²) in [5.41, 5.74) is -3.00. The van der Waals surface area contributed by atoms with Crippen LogP contribution in [-0.2, 0) is 0 Å². The van der Waals surface area contributed by atoms with Gasteiger partial charge < -0.3 is 0 Å². The molecule has 4 aliphatic carbocycles. The van der Waals surface area contributed by atoms with Crippen LogP contribution in [0, 0.1) is 79.8 Å². The summed E-state index contributed by atoms with van der Waals surface area (Å²) < 4.78 is 0. The van der Waals surface area contributed by atoms with Crippen molar-refractivity contribution in [3.8, 4) is 24.3 Å². The Morgan fingerprint density at radius 2 is 1.06 bits per heavy atom. The molecule has 0 N–H and O–H groups in total. The highest BCUT2D eigenvalue weighted by molar-refractivity contribution is 5.46. The van der Waals surface area contributed by atoms with E-state index in [1.807, 2.05) is 36.4 Å². The van der Waals surface area contributed by atoms with Crippen LogP contribution >= 0.6 is 0 Å². The van der Waals surface area contributed by atoms with E-state index in [2.05, 4.69) is 0 Å². The van der Waals surface area contributed by atoms with E-state index in [9.17, 15) is 21.0 Å². The summed E-state index contributed by atoms with van der Waals surface area (Å²) in [7, 11) is 0. The normalized spacial score (nSPS) is 40.2. The van der Waals surface area contributed by atoms with Crippen molar-refractivity contribution in [3.63, 3.8) is 0 Å². The number of fused-ring (bicyclic) bond motifs is 1. The Labute approximate surface area is 105 Å². The molecule has 0 aromatic rings. The van der Waals surface area contributed by atoms with Gasteiger partial charge in [0.05, 0.1) is 24.3 Å². The summed E-state index contributed by atoms with van der Waals surface area (Å²) in [6.45, 7) is 0. The first-order valence-electron chi connectivity index (χ1n) is 6.04. The zero-order valence-corrected chi connectivity index (χ0v) is 9.67. The number of rotatable bonds is 0. The minimum absolute atomic E-state index is 0.268. The SMILES string of the molecule is N#CC1(C#N)[C@H]2C=C[C@@H]([C@@H]3CC[C@H]32)C1(C#N)C#N. The number of nitrogens with zero attached hydrogens (tertiary/aromatic N) is 4. The van der Waals surface area contributed by atoms with Crippen LogP contribution in [0.5, 0.6) is 0 Å². The van der Waals surface area contributed by atoms with Crippen LogP contribution in [0.3, 0.4) is 0 Å². The summed E-state index contributed by atoms with van der Waals surface area (Å²) in [6, 6.07) is 8.08. The maximum Gasteiger partial charge on any atom is 0.182 e. The molecule has 0 amide bonds. The van der Waals surface area contributed by atoms with Gasteiger partial charge in [-0.25, -0.2) is 0 Å². The molecule has 4 aliphatic rings. The first-order valence-corrected chi connectivity index (χ1v) is 6.04. The van der Waals surface area contributed by atoms with Crippen LogP contribution in [0.4, 0.5) is 0 Å². The zero-order chi connectivity index (χ0) is 13.0. The van der Waals surface area contributed by atoms with Crippen molar-refractivity contribution in [2.45, 2.75) is 12.8 Å². The molecule has 4 rings (SSSR count). The van der Waals surface area contributed by atoms with Gasteiger partial charge in [0.15, 0.2) is 10.8 Å². The van der Waals surface area contributed by atoms with E-state index in [1.54, 1.807) is 0 Å². The first-order chi connectivity index (χ1) is 8.70. The lowest BCUT2D eigenvalue weighted by Gasteiger charge is -2.60. The standard InChI is InChI=1S/C14H10N4/c15-5-13(6-16)11-3-4-12(10-2-1-9(10)11)14(13,7-17)8-18/h3-4,9-12H,1-2H2/t9-,10-,11+,12+/m1/s1. The van der Waals surface area contributed by atoms with E-state index in [1.165, 1.54) is 0 Å². The molecule has 0 aromatic heterocycles. The molecule has 18 heavy (non-hydrogen) atoms. The van der Waals surface area contributed by atoms with Crippen molar-refractivity contribution in [2.24, 2.45) is 34.5 Å². The molecule has 0 radical (unpaired) electrons. The van der Waals surface area contributed by atoms with Gasteiger partial charge in [0, 0.05) is 11.8 Å². The molecule has 0 aromatic carbocycles. The molecule has 0 saturated heterocycles. The van der Waals surface area contributed by atoms with E-state index < -0.39 is 10.8 Å². The molecule has 86 valence electrons. The lowest BCUT2D eigenvalue weighted by atomic mass is 9.37. The second kappa shape index (κ2) is 3.13. The van der Waals surface area contributed by atoms with Gasteiger partial charge in [0.1, 0.15) is 0 Å². The smallest absolute Gasteiger partial charge is 0.182 e. The van der Waals surface area contributed by atoms with Crippen LogP contribution in [0.1, 0.15) is 12.8 Å². The average molecular weight is 234 g/mol. The Bertz CT molecular complexity index is 522. The summed E-state index contributed by atoms with van der Waals surface area (Å²) in [5, 5.41) is 37.9. The van der Waals surface area contributed by atoms with Gasteiger partial charge in [-0.3, -0.25) is 0 Å². The van der Waals surface area contributed by atoms with E-state index >= 15 is 0 Å². The van der Waals surface area contributed by atoms with Crippen LogP contribution < -0.4 is 0 Å². The van der Waals surface area contributed by atoms with Gasteiger partial charge in [-0.2, -0.15) is 21.0 Å². The molecular formula is C14H10N4. The summed E-state index contributed by atoms with van der Waals surface area (Å²) >= 11 is 0. The third-order valence-electron chi connectivity index (χ3n) is 5.16. The largest absolute Gasteiger partial charge is 0.196 e. The monoisotopic (exact) mass is 234 g/mol. The number of allylic oxidation sites excluding steroid dienone is 2. The van der Waals surface area contributed by atoms with Crippen LogP contribution in [0.2, 0.25) is 0 Å². The Morgan fingerprint density at radius 1 is 0.722 bits per heavy atom. The van der Waals surface area contributed by atoms with Crippen LogP contribution in [0.25, 0.3) is 0 Å². The fraction of sp³-hybridized carbons (Fsp3) is 0.571. The molecular weight excluding hydrogens is 224 g/mol. The third-order valence-corrected chi connectivity index (χ3v) is 5.16. The van der Waals surface area contributed by atoms with Crippen molar-refractivity contribution >= 4 is 0 Å². The van der Waals surface area contributed by atoms with E-state index in [0.717, 1.165) is 12.8 Å². The molecule has 0 aliphatic heterocycles. The second-order valence-electron chi connectivity index (χ2n) is 5.40. The predicted molar refractivity (Wildman–Crippen MR) is 59.7 cm³/mol. The van der Waals surface area contributed by atoms with Crippen molar-refractivity contribution < 1.29 is 0 Å². The van der Waals surface area contributed by atoms with E-state index in [-0.39, 0.29) is 11.8 Å². The highest BCUT2D eigenvalue weighted by atomic mass is 14.7. The van der Waals surface area contributed by atoms with Crippen LogP contribution in [0.15, 0.2) is 12.2 Å². The van der Waals surface area contributed by atoms with E-state index in [0.29, 0.717) is 11.8 Å². The first kappa shape index (κ1) is 10.8. The van der Waals surface area contributed by atoms with Crippen molar-refractivity contribution in [1.82, 2.24) is 0 Å². The number of nitriles is 4. The Morgan fingerprint density at radius 3 is 1.28 bits per heavy atom. The fourth-order valence-electron chi connectivity index (χ4n) is 4.13. The molecule has 2 saturated carbocycles. The Hall–Kier alpha value is -2.30. The Balaban J connectivity index is 2.30. The molecule has 2 fully saturated rings.